The molecule has 1 aromatic rings. The van der Waals surface area contributed by atoms with Gasteiger partial charge in [-0.1, -0.05) is 0 Å². The summed E-state index contributed by atoms with van der Waals surface area (Å²) < 4.78 is 1.77. The standard InChI is InChI=1S/C9H16N4O3/c1-6(9-12-11-5-13(9)2)10-4-7(14)3-8(15)16/h5-7,10,14H,3-4H2,1-2H3,(H,15,16). The monoisotopic (exact) mass is 228 g/mol. The van der Waals surface area contributed by atoms with Gasteiger partial charge >= 0.3 is 5.97 Å². The lowest BCUT2D eigenvalue weighted by Gasteiger charge is -2.15. The first-order chi connectivity index (χ1) is 7.50. The van der Waals surface area contributed by atoms with E-state index in [2.05, 4.69) is 15.5 Å². The number of rotatable bonds is 6. The highest BCUT2D eigenvalue weighted by atomic mass is 16.4. The molecule has 0 bridgehead atoms. The van der Waals surface area contributed by atoms with Gasteiger partial charge in [0, 0.05) is 13.6 Å². The van der Waals surface area contributed by atoms with Crippen molar-refractivity contribution < 1.29 is 15.0 Å². The summed E-state index contributed by atoms with van der Waals surface area (Å²) >= 11 is 0. The molecule has 16 heavy (non-hydrogen) atoms. The average molecular weight is 228 g/mol. The summed E-state index contributed by atoms with van der Waals surface area (Å²) in [5.74, 6) is -0.275. The lowest BCUT2D eigenvalue weighted by Crippen LogP contribution is -2.31. The normalized spacial score (nSPS) is 14.7. The Hall–Kier alpha value is -1.47. The van der Waals surface area contributed by atoms with E-state index in [9.17, 15) is 9.90 Å². The van der Waals surface area contributed by atoms with E-state index in [1.54, 1.807) is 10.9 Å². The smallest absolute Gasteiger partial charge is 0.306 e. The van der Waals surface area contributed by atoms with Gasteiger partial charge in [0.25, 0.3) is 0 Å². The van der Waals surface area contributed by atoms with E-state index in [-0.39, 0.29) is 19.0 Å². The van der Waals surface area contributed by atoms with E-state index < -0.39 is 12.1 Å². The minimum atomic E-state index is -1.01. The van der Waals surface area contributed by atoms with Gasteiger partial charge in [0.15, 0.2) is 0 Å². The second kappa shape index (κ2) is 5.57. The number of aryl methyl sites for hydroxylation is 1. The molecule has 3 N–H and O–H groups in total. The molecule has 1 aromatic heterocycles. The highest BCUT2D eigenvalue weighted by molar-refractivity contribution is 5.67. The number of aliphatic hydroxyl groups excluding tert-OH is 1. The molecule has 2 atom stereocenters. The third-order valence-corrected chi connectivity index (χ3v) is 2.20. The summed E-state index contributed by atoms with van der Waals surface area (Å²) in [5.41, 5.74) is 0. The second-order valence-corrected chi connectivity index (χ2v) is 3.68. The Morgan fingerprint density at radius 2 is 2.38 bits per heavy atom. The Morgan fingerprint density at radius 3 is 2.88 bits per heavy atom. The molecule has 0 spiro atoms. The van der Waals surface area contributed by atoms with E-state index in [1.807, 2.05) is 14.0 Å². The van der Waals surface area contributed by atoms with Crippen molar-refractivity contribution in [3.63, 3.8) is 0 Å². The fourth-order valence-corrected chi connectivity index (χ4v) is 1.36. The van der Waals surface area contributed by atoms with Crippen LogP contribution in [0.1, 0.15) is 25.2 Å². The zero-order chi connectivity index (χ0) is 12.1. The fourth-order valence-electron chi connectivity index (χ4n) is 1.36. The van der Waals surface area contributed by atoms with Crippen LogP contribution in [0.2, 0.25) is 0 Å². The molecule has 0 saturated carbocycles. The first-order valence-corrected chi connectivity index (χ1v) is 4.98. The number of nitrogens with one attached hydrogen (secondary N) is 1. The number of nitrogens with zero attached hydrogens (tertiary/aromatic N) is 3. The molecule has 1 heterocycles. The molecule has 2 unspecified atom stereocenters. The quantitative estimate of drug-likeness (QED) is 0.595. The van der Waals surface area contributed by atoms with E-state index >= 15 is 0 Å². The molecule has 0 aliphatic rings. The van der Waals surface area contributed by atoms with Crippen LogP contribution < -0.4 is 5.32 Å². The molecular formula is C9H16N4O3. The number of aromatic nitrogens is 3. The molecule has 0 fully saturated rings. The zero-order valence-electron chi connectivity index (χ0n) is 9.29. The predicted molar refractivity (Wildman–Crippen MR) is 55.7 cm³/mol. The van der Waals surface area contributed by atoms with Gasteiger partial charge < -0.3 is 20.1 Å². The molecular weight excluding hydrogens is 212 g/mol. The van der Waals surface area contributed by atoms with Crippen molar-refractivity contribution in [3.8, 4) is 0 Å². The minimum absolute atomic E-state index is 0.0871. The van der Waals surface area contributed by atoms with Crippen molar-refractivity contribution in [1.82, 2.24) is 20.1 Å². The van der Waals surface area contributed by atoms with Crippen LogP contribution in [0.3, 0.4) is 0 Å². The van der Waals surface area contributed by atoms with Crippen LogP contribution >= 0.6 is 0 Å². The summed E-state index contributed by atoms with van der Waals surface area (Å²) in [6.07, 6.45) is 0.424. The van der Waals surface area contributed by atoms with Gasteiger partial charge in [-0.15, -0.1) is 10.2 Å². The Bertz CT molecular complexity index is 352. The van der Waals surface area contributed by atoms with E-state index in [4.69, 9.17) is 5.11 Å². The second-order valence-electron chi connectivity index (χ2n) is 3.68. The number of aliphatic carboxylic acids is 1. The fraction of sp³-hybridized carbons (Fsp3) is 0.667. The summed E-state index contributed by atoms with van der Waals surface area (Å²) in [6.45, 7) is 2.08. The van der Waals surface area contributed by atoms with Crippen LogP contribution in [0.25, 0.3) is 0 Å². The molecule has 7 heteroatoms. The van der Waals surface area contributed by atoms with Crippen LogP contribution in [0, 0.1) is 0 Å². The molecule has 0 radical (unpaired) electrons. The highest BCUT2D eigenvalue weighted by Gasteiger charge is 2.14. The van der Waals surface area contributed by atoms with Gasteiger partial charge in [0.2, 0.25) is 0 Å². The average Bonchev–Trinajstić information content (AvgIpc) is 2.60. The SMILES string of the molecule is CC(NCC(O)CC(=O)O)c1nncn1C. The predicted octanol–water partition coefficient (Wildman–Crippen LogP) is -0.699. The van der Waals surface area contributed by atoms with E-state index in [0.29, 0.717) is 0 Å². The van der Waals surface area contributed by atoms with Crippen molar-refractivity contribution in [2.24, 2.45) is 7.05 Å². The molecule has 0 aliphatic carbocycles. The van der Waals surface area contributed by atoms with Crippen LogP contribution in [-0.2, 0) is 11.8 Å². The molecule has 0 aliphatic heterocycles. The van der Waals surface area contributed by atoms with Gasteiger partial charge in [-0.25, -0.2) is 0 Å². The molecule has 0 amide bonds. The Labute approximate surface area is 93.1 Å². The van der Waals surface area contributed by atoms with Crippen LogP contribution in [0.15, 0.2) is 6.33 Å². The number of hydrogen-bond acceptors (Lipinski definition) is 5. The van der Waals surface area contributed by atoms with Crippen molar-refractivity contribution in [3.05, 3.63) is 12.2 Å². The zero-order valence-corrected chi connectivity index (χ0v) is 9.29. The lowest BCUT2D eigenvalue weighted by molar-refractivity contribution is -0.139. The Kier molecular flexibility index (Phi) is 4.39. The number of carboxylic acids is 1. The molecule has 1 rings (SSSR count). The highest BCUT2D eigenvalue weighted by Crippen LogP contribution is 2.06. The van der Waals surface area contributed by atoms with Crippen molar-refractivity contribution in [2.75, 3.05) is 6.54 Å². The summed E-state index contributed by atoms with van der Waals surface area (Å²) in [6, 6.07) is -0.0871. The first kappa shape index (κ1) is 12.6. The van der Waals surface area contributed by atoms with Gasteiger partial charge in [-0.3, -0.25) is 4.79 Å². The van der Waals surface area contributed by atoms with Crippen molar-refractivity contribution >= 4 is 5.97 Å². The van der Waals surface area contributed by atoms with Crippen LogP contribution in [-0.4, -0.2) is 43.6 Å². The summed E-state index contributed by atoms with van der Waals surface area (Å²) in [5, 5.41) is 28.4. The molecule has 90 valence electrons. The number of carbonyl (C=O) groups is 1. The maximum atomic E-state index is 10.3. The number of hydrogen-bond donors (Lipinski definition) is 3. The molecule has 7 nitrogen and oxygen atoms in total. The van der Waals surface area contributed by atoms with Gasteiger partial charge in [0.1, 0.15) is 12.2 Å². The lowest BCUT2D eigenvalue weighted by atomic mass is 10.2. The Morgan fingerprint density at radius 1 is 1.69 bits per heavy atom. The largest absolute Gasteiger partial charge is 0.481 e. The summed E-state index contributed by atoms with van der Waals surface area (Å²) in [7, 11) is 1.82. The van der Waals surface area contributed by atoms with Gasteiger partial charge in [0.05, 0.1) is 18.6 Å². The summed E-state index contributed by atoms with van der Waals surface area (Å²) in [4.78, 5) is 10.3. The minimum Gasteiger partial charge on any atom is -0.481 e. The maximum absolute atomic E-state index is 10.3. The van der Waals surface area contributed by atoms with Crippen LogP contribution in [0.4, 0.5) is 0 Å². The molecule has 0 aromatic carbocycles. The van der Waals surface area contributed by atoms with Crippen molar-refractivity contribution in [2.45, 2.75) is 25.5 Å². The third-order valence-electron chi connectivity index (χ3n) is 2.20. The first-order valence-electron chi connectivity index (χ1n) is 4.98. The van der Waals surface area contributed by atoms with Gasteiger partial charge in [-0.2, -0.15) is 0 Å². The topological polar surface area (TPSA) is 100 Å². The maximum Gasteiger partial charge on any atom is 0.306 e. The van der Waals surface area contributed by atoms with E-state index in [0.717, 1.165) is 5.82 Å². The number of carboxylic acid groups (broad SMARTS) is 1. The third kappa shape index (κ3) is 3.59. The Balaban J connectivity index is 2.38. The van der Waals surface area contributed by atoms with Crippen LogP contribution in [0.5, 0.6) is 0 Å². The van der Waals surface area contributed by atoms with Crippen molar-refractivity contribution in [1.29, 1.82) is 0 Å². The van der Waals surface area contributed by atoms with E-state index in [1.165, 1.54) is 0 Å². The number of aliphatic hydroxyl groups is 1. The van der Waals surface area contributed by atoms with Gasteiger partial charge in [-0.05, 0) is 6.92 Å². The molecule has 0 saturated heterocycles.